The third-order valence-electron chi connectivity index (χ3n) is 2.93. The number of hydrogen-bond donors (Lipinski definition) is 1. The van der Waals surface area contributed by atoms with E-state index in [-0.39, 0.29) is 4.21 Å². The molecule has 5 nitrogen and oxygen atoms in total. The number of nitrogens with zero attached hydrogens (tertiary/aromatic N) is 2. The molecular weight excluding hydrogens is 342 g/mol. The van der Waals surface area contributed by atoms with Gasteiger partial charge in [0.25, 0.3) is 10.0 Å². The molecule has 1 aromatic carbocycles. The van der Waals surface area contributed by atoms with Gasteiger partial charge in [0.15, 0.2) is 0 Å². The molecule has 0 spiro atoms. The van der Waals surface area contributed by atoms with Crippen molar-refractivity contribution in [2.45, 2.75) is 11.1 Å². The van der Waals surface area contributed by atoms with Crippen LogP contribution >= 0.6 is 22.9 Å². The second-order valence-electron chi connectivity index (χ2n) is 4.58. The third-order valence-corrected chi connectivity index (χ3v) is 6.03. The maximum Gasteiger partial charge on any atom is 0.271 e. The van der Waals surface area contributed by atoms with Gasteiger partial charge in [0.2, 0.25) is 0 Å². The average Bonchev–Trinajstić information content (AvgIpc) is 3.10. The molecule has 0 amide bonds. The second kappa shape index (κ2) is 5.75. The Kier molecular flexibility index (Phi) is 3.94. The van der Waals surface area contributed by atoms with Crippen LogP contribution in [0, 0.1) is 6.92 Å². The lowest BCUT2D eigenvalue weighted by molar-refractivity contribution is 0.603. The predicted octanol–water partition coefficient (Wildman–Crippen LogP) is 3.70. The van der Waals surface area contributed by atoms with E-state index >= 15 is 0 Å². The Morgan fingerprint density at radius 2 is 2.09 bits per heavy atom. The molecule has 3 rings (SSSR count). The topological polar surface area (TPSA) is 64.0 Å². The number of sulfonamides is 1. The highest BCUT2D eigenvalue weighted by atomic mass is 35.5. The molecule has 0 atom stereocenters. The first-order valence-electron chi connectivity index (χ1n) is 6.34. The van der Waals surface area contributed by atoms with Gasteiger partial charge in [-0.15, -0.1) is 11.3 Å². The van der Waals surface area contributed by atoms with Gasteiger partial charge in [0, 0.05) is 22.3 Å². The number of benzene rings is 1. The van der Waals surface area contributed by atoms with Crippen LogP contribution in [-0.2, 0) is 10.0 Å². The molecule has 0 saturated heterocycles. The van der Waals surface area contributed by atoms with E-state index in [1.165, 1.54) is 11.3 Å². The average molecular weight is 354 g/mol. The van der Waals surface area contributed by atoms with E-state index in [1.54, 1.807) is 53.5 Å². The summed E-state index contributed by atoms with van der Waals surface area (Å²) in [6.45, 7) is 1.86. The normalized spacial score (nSPS) is 11.5. The van der Waals surface area contributed by atoms with Crippen molar-refractivity contribution in [3.63, 3.8) is 0 Å². The number of nitrogens with one attached hydrogen (secondary N) is 1. The Morgan fingerprint density at radius 1 is 1.27 bits per heavy atom. The lowest BCUT2D eigenvalue weighted by Gasteiger charge is -2.12. The van der Waals surface area contributed by atoms with E-state index < -0.39 is 10.0 Å². The molecule has 2 aromatic heterocycles. The maximum absolute atomic E-state index is 12.5. The first-order valence-corrected chi connectivity index (χ1v) is 9.02. The Balaban J connectivity index is 2.03. The highest BCUT2D eigenvalue weighted by Crippen LogP contribution is 2.28. The van der Waals surface area contributed by atoms with Crippen LogP contribution in [0.4, 0.5) is 5.69 Å². The van der Waals surface area contributed by atoms with Gasteiger partial charge in [0.1, 0.15) is 4.21 Å². The van der Waals surface area contributed by atoms with Gasteiger partial charge in [-0.25, -0.2) is 13.1 Å². The Morgan fingerprint density at radius 3 is 2.73 bits per heavy atom. The molecule has 0 unspecified atom stereocenters. The van der Waals surface area contributed by atoms with E-state index in [0.717, 1.165) is 4.88 Å². The molecule has 8 heteroatoms. The number of halogens is 1. The lowest BCUT2D eigenvalue weighted by Crippen LogP contribution is -2.13. The molecular formula is C14H12ClN3O2S2. The summed E-state index contributed by atoms with van der Waals surface area (Å²) in [5.74, 6) is 0. The largest absolute Gasteiger partial charge is 0.277 e. The maximum atomic E-state index is 12.5. The van der Waals surface area contributed by atoms with Gasteiger partial charge in [-0.05, 0) is 43.3 Å². The number of rotatable bonds is 4. The quantitative estimate of drug-likeness (QED) is 0.777. The van der Waals surface area contributed by atoms with Crippen molar-refractivity contribution in [3.8, 4) is 5.69 Å². The summed E-state index contributed by atoms with van der Waals surface area (Å²) >= 11 is 7.21. The zero-order valence-corrected chi connectivity index (χ0v) is 13.9. The van der Waals surface area contributed by atoms with Crippen molar-refractivity contribution in [2.75, 3.05) is 4.72 Å². The van der Waals surface area contributed by atoms with Crippen molar-refractivity contribution >= 4 is 38.6 Å². The van der Waals surface area contributed by atoms with E-state index in [1.807, 2.05) is 6.92 Å². The fourth-order valence-corrected chi connectivity index (χ4v) is 4.47. The highest BCUT2D eigenvalue weighted by molar-refractivity contribution is 7.94. The molecule has 0 radical (unpaired) electrons. The minimum Gasteiger partial charge on any atom is -0.277 e. The summed E-state index contributed by atoms with van der Waals surface area (Å²) in [4.78, 5) is 0.929. The molecule has 0 aliphatic carbocycles. The highest BCUT2D eigenvalue weighted by Gasteiger charge is 2.19. The van der Waals surface area contributed by atoms with Crippen LogP contribution in [0.15, 0.2) is 53.0 Å². The molecule has 0 aliphatic heterocycles. The van der Waals surface area contributed by atoms with Crippen LogP contribution in [0.3, 0.4) is 0 Å². The molecule has 3 aromatic rings. The van der Waals surface area contributed by atoms with Gasteiger partial charge in [-0.1, -0.05) is 11.6 Å². The van der Waals surface area contributed by atoms with Crippen molar-refractivity contribution in [1.82, 2.24) is 9.78 Å². The zero-order chi connectivity index (χ0) is 15.7. The van der Waals surface area contributed by atoms with Crippen LogP contribution in [-0.4, -0.2) is 18.2 Å². The molecule has 1 N–H and O–H groups in total. The SMILES string of the molecule is Cc1ccc(S(=O)(=O)Nc2cc(Cl)ccc2-n2cccn2)s1. The van der Waals surface area contributed by atoms with Crippen LogP contribution in [0.5, 0.6) is 0 Å². The molecule has 0 saturated carbocycles. The fraction of sp³-hybridized carbons (Fsp3) is 0.0714. The van der Waals surface area contributed by atoms with Crippen LogP contribution in [0.2, 0.25) is 5.02 Å². The van der Waals surface area contributed by atoms with Crippen LogP contribution in [0.1, 0.15) is 4.88 Å². The lowest BCUT2D eigenvalue weighted by atomic mass is 10.3. The summed E-state index contributed by atoms with van der Waals surface area (Å²) in [6.07, 6.45) is 3.35. The monoisotopic (exact) mass is 353 g/mol. The van der Waals surface area contributed by atoms with Crippen molar-refractivity contribution < 1.29 is 8.42 Å². The number of hydrogen-bond acceptors (Lipinski definition) is 4. The fourth-order valence-electron chi connectivity index (χ4n) is 1.95. The standard InChI is InChI=1S/C14H12ClN3O2S2/c1-10-3-6-14(21-10)22(19,20)17-12-9-11(15)4-5-13(12)18-8-2-7-16-18/h2-9,17H,1H3. The molecule has 0 bridgehead atoms. The predicted molar refractivity (Wildman–Crippen MR) is 88.4 cm³/mol. The Labute approximate surface area is 137 Å². The first kappa shape index (κ1) is 15.1. The summed E-state index contributed by atoms with van der Waals surface area (Å²) < 4.78 is 29.4. The smallest absolute Gasteiger partial charge is 0.271 e. The van der Waals surface area contributed by atoms with Crippen molar-refractivity contribution in [1.29, 1.82) is 0 Å². The Hall–Kier alpha value is -1.83. The minimum absolute atomic E-state index is 0.261. The third kappa shape index (κ3) is 3.01. The number of anilines is 1. The number of thiophene rings is 1. The van der Waals surface area contributed by atoms with Crippen LogP contribution in [0.25, 0.3) is 5.69 Å². The molecule has 114 valence electrons. The van der Waals surface area contributed by atoms with Crippen molar-refractivity contribution in [3.05, 3.63) is 58.7 Å². The van der Waals surface area contributed by atoms with Crippen LogP contribution < -0.4 is 4.72 Å². The van der Waals surface area contributed by atoms with Gasteiger partial charge in [0.05, 0.1) is 11.4 Å². The summed E-state index contributed by atoms with van der Waals surface area (Å²) in [6, 6.07) is 10.1. The number of aryl methyl sites for hydroxylation is 1. The van der Waals surface area contributed by atoms with Gasteiger partial charge < -0.3 is 0 Å². The number of aromatic nitrogens is 2. The summed E-state index contributed by atoms with van der Waals surface area (Å²) in [7, 11) is -3.65. The summed E-state index contributed by atoms with van der Waals surface area (Å²) in [5, 5.41) is 4.57. The minimum atomic E-state index is -3.65. The molecule has 22 heavy (non-hydrogen) atoms. The van der Waals surface area contributed by atoms with Gasteiger partial charge in [-0.2, -0.15) is 5.10 Å². The Bertz CT molecular complexity index is 902. The van der Waals surface area contributed by atoms with E-state index in [4.69, 9.17) is 11.6 Å². The molecule has 2 heterocycles. The van der Waals surface area contributed by atoms with Crippen molar-refractivity contribution in [2.24, 2.45) is 0 Å². The second-order valence-corrected chi connectivity index (χ2v) is 8.22. The van der Waals surface area contributed by atoms with Gasteiger partial charge >= 0.3 is 0 Å². The van der Waals surface area contributed by atoms with E-state index in [0.29, 0.717) is 16.4 Å². The summed E-state index contributed by atoms with van der Waals surface area (Å²) in [5.41, 5.74) is 0.980. The van der Waals surface area contributed by atoms with E-state index in [2.05, 4.69) is 9.82 Å². The first-order chi connectivity index (χ1) is 10.5. The molecule has 0 fully saturated rings. The van der Waals surface area contributed by atoms with E-state index in [9.17, 15) is 8.42 Å². The molecule has 0 aliphatic rings. The zero-order valence-electron chi connectivity index (χ0n) is 11.5. The van der Waals surface area contributed by atoms with Gasteiger partial charge in [-0.3, -0.25) is 4.72 Å².